The first-order valence-corrected chi connectivity index (χ1v) is 7.98. The monoisotopic (exact) mass is 277 g/mol. The number of hydrogen-bond donors (Lipinski definition) is 1. The van der Waals surface area contributed by atoms with E-state index in [1.807, 2.05) is 0 Å². The average Bonchev–Trinajstić information content (AvgIpc) is 2.40. The van der Waals surface area contributed by atoms with Crippen molar-refractivity contribution in [3.05, 3.63) is 29.8 Å². The van der Waals surface area contributed by atoms with Gasteiger partial charge < -0.3 is 10.1 Å². The van der Waals surface area contributed by atoms with Crippen molar-refractivity contribution >= 4 is 0 Å². The van der Waals surface area contributed by atoms with E-state index in [4.69, 9.17) is 4.74 Å². The predicted molar refractivity (Wildman–Crippen MR) is 87.5 cm³/mol. The van der Waals surface area contributed by atoms with Gasteiger partial charge in [-0.25, -0.2) is 0 Å². The molecule has 0 unspecified atom stereocenters. The predicted octanol–water partition coefficient (Wildman–Crippen LogP) is 4.58. The Bertz CT molecular complexity index is 351. The second-order valence-corrected chi connectivity index (χ2v) is 6.48. The van der Waals surface area contributed by atoms with Crippen molar-refractivity contribution in [1.82, 2.24) is 5.32 Å². The summed E-state index contributed by atoms with van der Waals surface area (Å²) in [6.45, 7) is 10.7. The van der Waals surface area contributed by atoms with Crippen LogP contribution >= 0.6 is 0 Å². The highest BCUT2D eigenvalue weighted by molar-refractivity contribution is 5.27. The Labute approximate surface area is 124 Å². The molecule has 0 heterocycles. The standard InChI is InChI=1S/C18H31NO/c1-5-6-9-16-10-12-17(13-11-16)20-15-8-7-14-19-18(2,3)4/h10-13,19H,5-9,14-15H2,1-4H3. The Morgan fingerprint density at radius 1 is 1.00 bits per heavy atom. The Morgan fingerprint density at radius 3 is 2.30 bits per heavy atom. The number of ether oxygens (including phenoxy) is 1. The van der Waals surface area contributed by atoms with Crippen LogP contribution < -0.4 is 10.1 Å². The summed E-state index contributed by atoms with van der Waals surface area (Å²) in [5.74, 6) is 0.994. The lowest BCUT2D eigenvalue weighted by molar-refractivity contribution is 0.301. The summed E-state index contributed by atoms with van der Waals surface area (Å²) >= 11 is 0. The SMILES string of the molecule is CCCCc1ccc(OCCCCNC(C)(C)C)cc1. The maximum absolute atomic E-state index is 5.77. The Kier molecular flexibility index (Phi) is 7.68. The number of rotatable bonds is 9. The van der Waals surface area contributed by atoms with Crippen LogP contribution in [0.2, 0.25) is 0 Å². The zero-order chi connectivity index (χ0) is 14.8. The van der Waals surface area contributed by atoms with Crippen molar-refractivity contribution in [3.8, 4) is 5.75 Å². The molecular formula is C18H31NO. The third-order valence-electron chi connectivity index (χ3n) is 3.24. The van der Waals surface area contributed by atoms with Crippen molar-refractivity contribution in [1.29, 1.82) is 0 Å². The molecule has 0 aliphatic heterocycles. The van der Waals surface area contributed by atoms with E-state index >= 15 is 0 Å². The van der Waals surface area contributed by atoms with Crippen LogP contribution in [0.5, 0.6) is 5.75 Å². The summed E-state index contributed by atoms with van der Waals surface area (Å²) in [5, 5.41) is 3.49. The van der Waals surface area contributed by atoms with Crippen molar-refractivity contribution in [3.63, 3.8) is 0 Å². The second kappa shape index (κ2) is 9.02. The van der Waals surface area contributed by atoms with Crippen LogP contribution in [0.15, 0.2) is 24.3 Å². The lowest BCUT2D eigenvalue weighted by Crippen LogP contribution is -2.36. The van der Waals surface area contributed by atoms with Gasteiger partial charge in [0.1, 0.15) is 5.75 Å². The third kappa shape index (κ3) is 8.21. The van der Waals surface area contributed by atoms with Gasteiger partial charge in [0.05, 0.1) is 6.61 Å². The second-order valence-electron chi connectivity index (χ2n) is 6.48. The quantitative estimate of drug-likeness (QED) is 0.667. The number of aryl methyl sites for hydroxylation is 1. The Hall–Kier alpha value is -1.02. The van der Waals surface area contributed by atoms with Crippen LogP contribution in [0.1, 0.15) is 58.9 Å². The van der Waals surface area contributed by atoms with Gasteiger partial charge in [0, 0.05) is 5.54 Å². The first-order valence-electron chi connectivity index (χ1n) is 7.98. The molecule has 0 amide bonds. The van der Waals surface area contributed by atoms with Gasteiger partial charge in [0.25, 0.3) is 0 Å². The van der Waals surface area contributed by atoms with Crippen LogP contribution in [0, 0.1) is 0 Å². The normalized spacial score (nSPS) is 11.6. The maximum atomic E-state index is 5.77. The molecule has 0 bridgehead atoms. The molecule has 2 heteroatoms. The summed E-state index contributed by atoms with van der Waals surface area (Å²) in [4.78, 5) is 0. The topological polar surface area (TPSA) is 21.3 Å². The molecule has 1 N–H and O–H groups in total. The smallest absolute Gasteiger partial charge is 0.119 e. The van der Waals surface area contributed by atoms with Crippen LogP contribution in [-0.2, 0) is 6.42 Å². The molecule has 0 radical (unpaired) electrons. The van der Waals surface area contributed by atoms with Gasteiger partial charge in [-0.3, -0.25) is 0 Å². The van der Waals surface area contributed by atoms with Gasteiger partial charge in [0.2, 0.25) is 0 Å². The van der Waals surface area contributed by atoms with Crippen LogP contribution in [0.4, 0.5) is 0 Å². The molecule has 2 nitrogen and oxygen atoms in total. The minimum absolute atomic E-state index is 0.217. The fourth-order valence-corrected chi connectivity index (χ4v) is 2.01. The molecule has 0 atom stereocenters. The van der Waals surface area contributed by atoms with Crippen molar-refractivity contribution in [2.45, 2.75) is 65.3 Å². The number of benzene rings is 1. The van der Waals surface area contributed by atoms with E-state index in [0.29, 0.717) is 0 Å². The minimum atomic E-state index is 0.217. The first-order chi connectivity index (χ1) is 9.51. The van der Waals surface area contributed by atoms with E-state index in [-0.39, 0.29) is 5.54 Å². The fourth-order valence-electron chi connectivity index (χ4n) is 2.01. The molecule has 0 saturated carbocycles. The van der Waals surface area contributed by atoms with Crippen LogP contribution in [0.25, 0.3) is 0 Å². The summed E-state index contributed by atoms with van der Waals surface area (Å²) in [7, 11) is 0. The van der Waals surface area contributed by atoms with E-state index in [1.165, 1.54) is 24.8 Å². The van der Waals surface area contributed by atoms with Gasteiger partial charge in [-0.1, -0.05) is 25.5 Å². The highest BCUT2D eigenvalue weighted by atomic mass is 16.5. The summed E-state index contributed by atoms with van der Waals surface area (Å²) in [6, 6.07) is 8.56. The largest absolute Gasteiger partial charge is 0.494 e. The Morgan fingerprint density at radius 2 is 1.70 bits per heavy atom. The zero-order valence-electron chi connectivity index (χ0n) is 13.7. The van der Waals surface area contributed by atoms with Gasteiger partial charge in [-0.15, -0.1) is 0 Å². The fraction of sp³-hybridized carbons (Fsp3) is 0.667. The van der Waals surface area contributed by atoms with Crippen LogP contribution in [-0.4, -0.2) is 18.7 Å². The highest BCUT2D eigenvalue weighted by Crippen LogP contribution is 2.14. The van der Waals surface area contributed by atoms with E-state index in [1.54, 1.807) is 0 Å². The lowest BCUT2D eigenvalue weighted by Gasteiger charge is -2.20. The van der Waals surface area contributed by atoms with E-state index in [9.17, 15) is 0 Å². The molecule has 0 aliphatic carbocycles. The molecule has 1 rings (SSSR count). The van der Waals surface area contributed by atoms with Crippen molar-refractivity contribution in [2.24, 2.45) is 0 Å². The number of unbranched alkanes of at least 4 members (excludes halogenated alkanes) is 2. The van der Waals surface area contributed by atoms with Crippen molar-refractivity contribution in [2.75, 3.05) is 13.2 Å². The Balaban J connectivity index is 2.13. The number of nitrogens with one attached hydrogen (secondary N) is 1. The zero-order valence-corrected chi connectivity index (χ0v) is 13.7. The molecule has 20 heavy (non-hydrogen) atoms. The molecule has 0 aromatic heterocycles. The highest BCUT2D eigenvalue weighted by Gasteiger charge is 2.06. The average molecular weight is 277 g/mol. The van der Waals surface area contributed by atoms with Gasteiger partial charge in [-0.05, 0) is 70.7 Å². The molecule has 0 spiro atoms. The van der Waals surface area contributed by atoms with E-state index in [2.05, 4.69) is 57.3 Å². The summed E-state index contributed by atoms with van der Waals surface area (Å²) in [6.07, 6.45) is 5.95. The van der Waals surface area contributed by atoms with Gasteiger partial charge in [-0.2, -0.15) is 0 Å². The lowest BCUT2D eigenvalue weighted by atomic mass is 10.1. The molecule has 0 aliphatic rings. The van der Waals surface area contributed by atoms with Crippen LogP contribution in [0.3, 0.4) is 0 Å². The summed E-state index contributed by atoms with van der Waals surface area (Å²) in [5.41, 5.74) is 1.63. The summed E-state index contributed by atoms with van der Waals surface area (Å²) < 4.78 is 5.77. The van der Waals surface area contributed by atoms with Gasteiger partial charge in [0.15, 0.2) is 0 Å². The molecule has 114 valence electrons. The first kappa shape index (κ1) is 17.0. The third-order valence-corrected chi connectivity index (χ3v) is 3.24. The molecule has 1 aromatic carbocycles. The maximum Gasteiger partial charge on any atom is 0.119 e. The molecule has 0 fully saturated rings. The van der Waals surface area contributed by atoms with Gasteiger partial charge >= 0.3 is 0 Å². The molecular weight excluding hydrogens is 246 g/mol. The van der Waals surface area contributed by atoms with Crippen molar-refractivity contribution < 1.29 is 4.74 Å². The molecule has 1 aromatic rings. The minimum Gasteiger partial charge on any atom is -0.494 e. The van der Waals surface area contributed by atoms with E-state index < -0.39 is 0 Å². The van der Waals surface area contributed by atoms with E-state index in [0.717, 1.165) is 31.7 Å². The molecule has 0 saturated heterocycles. The number of hydrogen-bond acceptors (Lipinski definition) is 2.